The van der Waals surface area contributed by atoms with Crippen LogP contribution in [0, 0.1) is 5.92 Å². The Morgan fingerprint density at radius 3 is 2.33 bits per heavy atom. The lowest BCUT2D eigenvalue weighted by atomic mass is 10.0. The van der Waals surface area contributed by atoms with Crippen LogP contribution in [0.25, 0.3) is 5.69 Å². The lowest BCUT2D eigenvalue weighted by Gasteiger charge is -2.21. The van der Waals surface area contributed by atoms with Crippen LogP contribution in [0.4, 0.5) is 21.9 Å². The smallest absolute Gasteiger partial charge is 0.338 e. The highest BCUT2D eigenvalue weighted by atomic mass is 35.5. The van der Waals surface area contributed by atoms with Crippen molar-refractivity contribution in [3.05, 3.63) is 89.2 Å². The molecule has 3 N–H and O–H groups in total. The molecule has 1 aliphatic heterocycles. The Kier molecular flexibility index (Phi) is 10.5. The molecule has 15 nitrogen and oxygen atoms in total. The van der Waals surface area contributed by atoms with E-state index in [4.69, 9.17) is 16.3 Å². The topological polar surface area (TPSA) is 181 Å². The lowest BCUT2D eigenvalue weighted by molar-refractivity contribution is -0.137. The van der Waals surface area contributed by atoms with E-state index in [-0.39, 0.29) is 23.2 Å². The maximum absolute atomic E-state index is 13.7. The normalized spacial score (nSPS) is 14.9. The quantitative estimate of drug-likeness (QED) is 0.151. The number of halogens is 1. The van der Waals surface area contributed by atoms with Crippen LogP contribution >= 0.6 is 11.6 Å². The van der Waals surface area contributed by atoms with Crippen molar-refractivity contribution < 1.29 is 28.7 Å². The number of benzene rings is 3. The number of carbonyl (C=O) groups is 5. The number of aromatic nitrogens is 4. The molecular formula is C36H38ClN9O6. The molecule has 1 atom stereocenters. The molecule has 6 rings (SSSR count). The van der Waals surface area contributed by atoms with Gasteiger partial charge in [-0.2, -0.15) is 4.68 Å². The van der Waals surface area contributed by atoms with E-state index in [1.165, 1.54) is 41.3 Å². The monoisotopic (exact) mass is 727 g/mol. The van der Waals surface area contributed by atoms with Gasteiger partial charge in [-0.3, -0.25) is 19.3 Å². The number of nitrogens with zero attached hydrogens (tertiary/aromatic N) is 6. The van der Waals surface area contributed by atoms with Crippen LogP contribution in [0.3, 0.4) is 0 Å². The fraction of sp³-hybridized carbons (Fsp3) is 0.333. The Morgan fingerprint density at radius 1 is 0.942 bits per heavy atom. The SMILES string of the molecule is CC(C)(C)OC(=O)c1ccc(NC(=O)[C@H](Cc2ccc(N3CCN(CC4CC4)C3=O)cc2)NC(=O)C(=O)Nc2cc(Cl)ccc2-n2cnnn2)cc1. The van der Waals surface area contributed by atoms with Gasteiger partial charge in [-0.1, -0.05) is 23.7 Å². The molecule has 1 saturated heterocycles. The van der Waals surface area contributed by atoms with E-state index in [0.717, 1.165) is 25.1 Å². The molecule has 1 aromatic heterocycles. The summed E-state index contributed by atoms with van der Waals surface area (Å²) in [5.74, 6) is -2.68. The number of hydrogen-bond donors (Lipinski definition) is 3. The first kappa shape index (κ1) is 36.0. The van der Waals surface area contributed by atoms with Crippen LogP contribution < -0.4 is 20.9 Å². The molecule has 52 heavy (non-hydrogen) atoms. The summed E-state index contributed by atoms with van der Waals surface area (Å²) in [7, 11) is 0. The number of ether oxygens (including phenoxy) is 1. The second-order valence-corrected chi connectivity index (χ2v) is 14.1. The second kappa shape index (κ2) is 15.2. The van der Waals surface area contributed by atoms with Crippen molar-refractivity contribution in [3.8, 4) is 5.69 Å². The molecule has 0 spiro atoms. The molecule has 16 heteroatoms. The molecule has 1 aliphatic carbocycles. The zero-order valence-electron chi connectivity index (χ0n) is 28.8. The third-order valence-corrected chi connectivity index (χ3v) is 8.61. The average molecular weight is 728 g/mol. The number of anilines is 3. The summed E-state index contributed by atoms with van der Waals surface area (Å²) >= 11 is 6.16. The summed E-state index contributed by atoms with van der Waals surface area (Å²) in [6.07, 6.45) is 3.64. The van der Waals surface area contributed by atoms with E-state index in [1.807, 2.05) is 4.90 Å². The highest BCUT2D eigenvalue weighted by molar-refractivity contribution is 6.40. The standard InChI is InChI=1S/C36H38ClN9O6/c1-36(2,3)52-34(50)24-8-11-26(12-9-24)39-31(47)29(18-22-6-13-27(14-7-22)45-17-16-44(35(45)51)20-23-4-5-23)41-33(49)32(48)40-28-19-25(37)10-15-30(28)46-21-38-42-43-46/h6-15,19,21,23,29H,4-5,16-18,20H2,1-3H3,(H,39,47)(H,40,48)(H,41,49)/t29-/m0/s1. The number of hydrogen-bond acceptors (Lipinski definition) is 9. The van der Waals surface area contributed by atoms with E-state index in [1.54, 1.807) is 62.1 Å². The van der Waals surface area contributed by atoms with Gasteiger partial charge in [0.15, 0.2) is 0 Å². The first-order chi connectivity index (χ1) is 24.8. The minimum Gasteiger partial charge on any atom is -0.456 e. The molecule has 1 saturated carbocycles. The molecule has 0 unspecified atom stereocenters. The van der Waals surface area contributed by atoms with Crippen molar-refractivity contribution >= 4 is 58.4 Å². The number of tetrazole rings is 1. The van der Waals surface area contributed by atoms with E-state index in [2.05, 4.69) is 31.5 Å². The van der Waals surface area contributed by atoms with Crippen LogP contribution in [0.15, 0.2) is 73.1 Å². The molecule has 0 bridgehead atoms. The number of urea groups is 1. The van der Waals surface area contributed by atoms with Crippen molar-refractivity contribution in [1.82, 2.24) is 30.4 Å². The fourth-order valence-corrected chi connectivity index (χ4v) is 5.77. The maximum atomic E-state index is 13.7. The van der Waals surface area contributed by atoms with Gasteiger partial charge in [-0.15, -0.1) is 5.10 Å². The molecule has 2 fully saturated rings. The summed E-state index contributed by atoms with van der Waals surface area (Å²) in [6.45, 7) is 7.31. The lowest BCUT2D eigenvalue weighted by Crippen LogP contribution is -2.49. The van der Waals surface area contributed by atoms with Crippen molar-refractivity contribution in [3.63, 3.8) is 0 Å². The van der Waals surface area contributed by atoms with E-state index >= 15 is 0 Å². The predicted molar refractivity (Wildman–Crippen MR) is 192 cm³/mol. The van der Waals surface area contributed by atoms with Crippen LogP contribution in [0.2, 0.25) is 5.02 Å². The highest BCUT2D eigenvalue weighted by Gasteiger charge is 2.34. The highest BCUT2D eigenvalue weighted by Crippen LogP contribution is 2.32. The molecule has 4 aromatic rings. The van der Waals surface area contributed by atoms with Crippen LogP contribution in [-0.4, -0.2) is 86.1 Å². The molecule has 0 radical (unpaired) electrons. The van der Waals surface area contributed by atoms with Gasteiger partial charge in [-0.05, 0) is 110 Å². The number of amides is 5. The van der Waals surface area contributed by atoms with Gasteiger partial charge < -0.3 is 25.6 Å². The first-order valence-corrected chi connectivity index (χ1v) is 17.1. The Balaban J connectivity index is 1.17. The van der Waals surface area contributed by atoms with Crippen molar-refractivity contribution in [2.45, 2.75) is 51.7 Å². The predicted octanol–water partition coefficient (Wildman–Crippen LogP) is 4.23. The van der Waals surface area contributed by atoms with Gasteiger partial charge in [0.1, 0.15) is 18.0 Å². The Labute approximate surface area is 304 Å². The molecule has 270 valence electrons. The molecular weight excluding hydrogens is 690 g/mol. The summed E-state index contributed by atoms with van der Waals surface area (Å²) in [5, 5.41) is 19.1. The second-order valence-electron chi connectivity index (χ2n) is 13.7. The van der Waals surface area contributed by atoms with Crippen molar-refractivity contribution in [2.75, 3.05) is 35.2 Å². The van der Waals surface area contributed by atoms with Gasteiger partial charge in [0, 0.05) is 42.5 Å². The summed E-state index contributed by atoms with van der Waals surface area (Å²) in [6, 6.07) is 16.6. The zero-order chi connectivity index (χ0) is 37.0. The molecule has 5 amide bonds. The molecule has 2 heterocycles. The van der Waals surface area contributed by atoms with Crippen LogP contribution in [0.5, 0.6) is 0 Å². The Bertz CT molecular complexity index is 1960. The number of nitrogens with one attached hydrogen (secondary N) is 3. The Morgan fingerprint density at radius 2 is 1.67 bits per heavy atom. The van der Waals surface area contributed by atoms with Crippen LogP contribution in [0.1, 0.15) is 49.5 Å². The van der Waals surface area contributed by atoms with Gasteiger partial charge in [0.25, 0.3) is 0 Å². The summed E-state index contributed by atoms with van der Waals surface area (Å²) in [4.78, 5) is 69.3. The number of rotatable bonds is 11. The fourth-order valence-electron chi connectivity index (χ4n) is 5.60. The van der Waals surface area contributed by atoms with Gasteiger partial charge in [-0.25, -0.2) is 9.59 Å². The minimum atomic E-state index is -1.21. The van der Waals surface area contributed by atoms with Gasteiger partial charge in [0.05, 0.1) is 16.9 Å². The number of esters is 1. The zero-order valence-corrected chi connectivity index (χ0v) is 29.6. The minimum absolute atomic E-state index is 0.00984. The largest absolute Gasteiger partial charge is 0.456 e. The van der Waals surface area contributed by atoms with Crippen molar-refractivity contribution in [1.29, 1.82) is 0 Å². The third kappa shape index (κ3) is 9.09. The van der Waals surface area contributed by atoms with E-state index < -0.39 is 35.3 Å². The first-order valence-electron chi connectivity index (χ1n) is 16.8. The molecule has 3 aromatic carbocycles. The van der Waals surface area contributed by atoms with Gasteiger partial charge in [0.2, 0.25) is 5.91 Å². The van der Waals surface area contributed by atoms with Crippen molar-refractivity contribution in [2.24, 2.45) is 5.92 Å². The van der Waals surface area contributed by atoms with E-state index in [0.29, 0.717) is 41.5 Å². The van der Waals surface area contributed by atoms with Crippen LogP contribution in [-0.2, 0) is 25.5 Å². The Hall–Kier alpha value is -5.83. The van der Waals surface area contributed by atoms with Gasteiger partial charge >= 0.3 is 23.8 Å². The third-order valence-electron chi connectivity index (χ3n) is 8.38. The molecule has 2 aliphatic rings. The average Bonchev–Trinajstić information content (AvgIpc) is 3.61. The summed E-state index contributed by atoms with van der Waals surface area (Å²) < 4.78 is 6.70. The maximum Gasteiger partial charge on any atom is 0.338 e. The summed E-state index contributed by atoms with van der Waals surface area (Å²) in [5.41, 5.74) is 1.88. The van der Waals surface area contributed by atoms with E-state index in [9.17, 15) is 24.0 Å². The number of carbonyl (C=O) groups excluding carboxylic acids is 5.